The van der Waals surface area contributed by atoms with Crippen molar-refractivity contribution in [1.82, 2.24) is 0 Å². The maximum atomic E-state index is 12.8. The molecule has 6 heteroatoms. The fourth-order valence-electron chi connectivity index (χ4n) is 2.25. The lowest BCUT2D eigenvalue weighted by atomic mass is 10.1. The van der Waals surface area contributed by atoms with E-state index in [1.54, 1.807) is 19.2 Å². The Labute approximate surface area is 162 Å². The van der Waals surface area contributed by atoms with Crippen LogP contribution in [0.3, 0.4) is 0 Å². The molecule has 0 aliphatic heterocycles. The SMILES string of the molecule is CCCCOc1ccccc1NC(=O)c1cc(Br)ccc1OCCOC. The van der Waals surface area contributed by atoms with Crippen LogP contribution in [0.15, 0.2) is 46.9 Å². The minimum absolute atomic E-state index is 0.259. The third-order valence-corrected chi connectivity index (χ3v) is 4.12. The third-order valence-electron chi connectivity index (χ3n) is 3.62. The zero-order valence-corrected chi connectivity index (χ0v) is 16.7. The first-order chi connectivity index (χ1) is 12.7. The van der Waals surface area contributed by atoms with E-state index in [9.17, 15) is 4.79 Å². The number of halogens is 1. The molecular weight excluding hydrogens is 398 g/mol. The highest BCUT2D eigenvalue weighted by molar-refractivity contribution is 9.10. The number of ether oxygens (including phenoxy) is 3. The number of hydrogen-bond donors (Lipinski definition) is 1. The van der Waals surface area contributed by atoms with Gasteiger partial charge in [0.1, 0.15) is 18.1 Å². The molecule has 0 radical (unpaired) electrons. The molecule has 0 saturated carbocycles. The standard InChI is InChI=1S/C20H24BrNO4/c1-3-4-11-25-19-8-6-5-7-17(19)22-20(23)16-14-15(21)9-10-18(16)26-13-12-24-2/h5-10,14H,3-4,11-13H2,1-2H3,(H,22,23). The molecule has 26 heavy (non-hydrogen) atoms. The zero-order valence-electron chi connectivity index (χ0n) is 15.1. The molecule has 0 aromatic heterocycles. The summed E-state index contributed by atoms with van der Waals surface area (Å²) in [5, 5.41) is 2.92. The number of carbonyl (C=O) groups is 1. The molecule has 140 valence electrons. The minimum Gasteiger partial charge on any atom is -0.491 e. The number of methoxy groups -OCH3 is 1. The zero-order chi connectivity index (χ0) is 18.8. The minimum atomic E-state index is -0.259. The van der Waals surface area contributed by atoms with Gasteiger partial charge in [-0.15, -0.1) is 0 Å². The van der Waals surface area contributed by atoms with Crippen molar-refractivity contribution >= 4 is 27.5 Å². The number of nitrogens with one attached hydrogen (secondary N) is 1. The summed E-state index contributed by atoms with van der Waals surface area (Å²) in [5.74, 6) is 0.906. The van der Waals surface area contributed by atoms with Crippen molar-refractivity contribution in [3.05, 3.63) is 52.5 Å². The third kappa shape index (κ3) is 6.04. The van der Waals surface area contributed by atoms with E-state index in [-0.39, 0.29) is 5.91 Å². The van der Waals surface area contributed by atoms with Gasteiger partial charge in [0, 0.05) is 11.6 Å². The van der Waals surface area contributed by atoms with Gasteiger partial charge in [-0.05, 0) is 36.8 Å². The van der Waals surface area contributed by atoms with Crippen LogP contribution >= 0.6 is 15.9 Å². The van der Waals surface area contributed by atoms with Gasteiger partial charge in [0.15, 0.2) is 0 Å². The summed E-state index contributed by atoms with van der Waals surface area (Å²) >= 11 is 3.40. The van der Waals surface area contributed by atoms with E-state index in [0.29, 0.717) is 42.6 Å². The molecular formula is C20H24BrNO4. The van der Waals surface area contributed by atoms with Gasteiger partial charge in [0.25, 0.3) is 5.91 Å². The van der Waals surface area contributed by atoms with Gasteiger partial charge in [-0.3, -0.25) is 4.79 Å². The van der Waals surface area contributed by atoms with Crippen LogP contribution in [0.1, 0.15) is 30.1 Å². The summed E-state index contributed by atoms with van der Waals surface area (Å²) in [6.45, 7) is 3.54. The Kier molecular flexibility index (Phi) is 8.44. The monoisotopic (exact) mass is 421 g/mol. The predicted octanol–water partition coefficient (Wildman–Crippen LogP) is 4.91. The molecule has 0 bridgehead atoms. The van der Waals surface area contributed by atoms with Crippen LogP contribution in [0.25, 0.3) is 0 Å². The van der Waals surface area contributed by atoms with Gasteiger partial charge in [-0.2, -0.15) is 0 Å². The van der Waals surface area contributed by atoms with Crippen LogP contribution < -0.4 is 14.8 Å². The summed E-state index contributed by atoms with van der Waals surface area (Å²) in [7, 11) is 1.61. The first kappa shape index (κ1) is 20.3. The molecule has 1 amide bonds. The van der Waals surface area contributed by atoms with Gasteiger partial charge in [-0.25, -0.2) is 0 Å². The number of anilines is 1. The molecule has 0 spiro atoms. The Bertz CT molecular complexity index is 721. The van der Waals surface area contributed by atoms with Gasteiger partial charge in [0.2, 0.25) is 0 Å². The highest BCUT2D eigenvalue weighted by Gasteiger charge is 2.15. The molecule has 1 N–H and O–H groups in total. The first-order valence-electron chi connectivity index (χ1n) is 8.60. The molecule has 2 aromatic carbocycles. The van der Waals surface area contributed by atoms with E-state index < -0.39 is 0 Å². The lowest BCUT2D eigenvalue weighted by Crippen LogP contribution is -2.15. The maximum absolute atomic E-state index is 12.8. The highest BCUT2D eigenvalue weighted by atomic mass is 79.9. The smallest absolute Gasteiger partial charge is 0.259 e. The Morgan fingerprint density at radius 2 is 1.81 bits per heavy atom. The highest BCUT2D eigenvalue weighted by Crippen LogP contribution is 2.28. The fourth-order valence-corrected chi connectivity index (χ4v) is 2.61. The number of carbonyl (C=O) groups excluding carboxylic acids is 1. The predicted molar refractivity (Wildman–Crippen MR) is 106 cm³/mol. The summed E-state index contributed by atoms with van der Waals surface area (Å²) < 4.78 is 17.2. The molecule has 0 aliphatic carbocycles. The van der Waals surface area contributed by atoms with Crippen molar-refractivity contribution in [3.8, 4) is 11.5 Å². The van der Waals surface area contributed by atoms with E-state index in [1.165, 1.54) is 0 Å². The number of para-hydroxylation sites is 2. The number of benzene rings is 2. The van der Waals surface area contributed by atoms with E-state index in [4.69, 9.17) is 14.2 Å². The summed E-state index contributed by atoms with van der Waals surface area (Å²) in [6.07, 6.45) is 2.01. The van der Waals surface area contributed by atoms with Crippen LogP contribution in [0.2, 0.25) is 0 Å². The molecule has 2 rings (SSSR count). The van der Waals surface area contributed by atoms with Crippen LogP contribution in [0, 0.1) is 0 Å². The average molecular weight is 422 g/mol. The number of unbranched alkanes of at least 4 members (excludes halogenated alkanes) is 1. The average Bonchev–Trinajstić information content (AvgIpc) is 2.64. The van der Waals surface area contributed by atoms with E-state index >= 15 is 0 Å². The second-order valence-corrected chi connectivity index (χ2v) is 6.55. The second kappa shape index (κ2) is 10.8. The quantitative estimate of drug-likeness (QED) is 0.553. The van der Waals surface area contributed by atoms with Crippen LogP contribution in [-0.2, 0) is 4.74 Å². The largest absolute Gasteiger partial charge is 0.491 e. The van der Waals surface area contributed by atoms with Crippen LogP contribution in [0.5, 0.6) is 11.5 Å². The molecule has 0 unspecified atom stereocenters. The van der Waals surface area contributed by atoms with Gasteiger partial charge in [-0.1, -0.05) is 41.4 Å². The normalized spacial score (nSPS) is 10.4. The van der Waals surface area contributed by atoms with Crippen LogP contribution in [-0.4, -0.2) is 32.8 Å². The Morgan fingerprint density at radius 1 is 1.04 bits per heavy atom. The Balaban J connectivity index is 2.16. The lowest BCUT2D eigenvalue weighted by molar-refractivity contribution is 0.101. The molecule has 0 aliphatic rings. The van der Waals surface area contributed by atoms with E-state index in [0.717, 1.165) is 17.3 Å². The van der Waals surface area contributed by atoms with Crippen molar-refractivity contribution in [1.29, 1.82) is 0 Å². The number of amides is 1. The molecule has 2 aromatic rings. The second-order valence-electron chi connectivity index (χ2n) is 5.63. The van der Waals surface area contributed by atoms with E-state index in [2.05, 4.69) is 28.2 Å². The van der Waals surface area contributed by atoms with Crippen molar-refractivity contribution in [2.24, 2.45) is 0 Å². The van der Waals surface area contributed by atoms with Crippen molar-refractivity contribution in [2.75, 3.05) is 32.2 Å². The summed E-state index contributed by atoms with van der Waals surface area (Å²) in [4.78, 5) is 12.8. The molecule has 0 atom stereocenters. The van der Waals surface area contributed by atoms with Crippen molar-refractivity contribution in [2.45, 2.75) is 19.8 Å². The Morgan fingerprint density at radius 3 is 2.58 bits per heavy atom. The summed E-state index contributed by atoms with van der Waals surface area (Å²) in [5.41, 5.74) is 1.08. The van der Waals surface area contributed by atoms with Crippen molar-refractivity contribution < 1.29 is 19.0 Å². The number of hydrogen-bond acceptors (Lipinski definition) is 4. The number of rotatable bonds is 10. The molecule has 0 saturated heterocycles. The van der Waals surface area contributed by atoms with E-state index in [1.807, 2.05) is 30.3 Å². The Hall–Kier alpha value is -2.05. The molecule has 5 nitrogen and oxygen atoms in total. The summed E-state index contributed by atoms with van der Waals surface area (Å²) in [6, 6.07) is 12.7. The van der Waals surface area contributed by atoms with Crippen molar-refractivity contribution in [3.63, 3.8) is 0 Å². The first-order valence-corrected chi connectivity index (χ1v) is 9.39. The molecule has 0 fully saturated rings. The maximum Gasteiger partial charge on any atom is 0.259 e. The van der Waals surface area contributed by atoms with Gasteiger partial charge >= 0.3 is 0 Å². The molecule has 0 heterocycles. The van der Waals surface area contributed by atoms with Gasteiger partial charge < -0.3 is 19.5 Å². The van der Waals surface area contributed by atoms with Gasteiger partial charge in [0.05, 0.1) is 24.5 Å². The van der Waals surface area contributed by atoms with Crippen LogP contribution in [0.4, 0.5) is 5.69 Å². The lowest BCUT2D eigenvalue weighted by Gasteiger charge is -2.14. The topological polar surface area (TPSA) is 56.8 Å². The fraction of sp³-hybridized carbons (Fsp3) is 0.350.